The smallest absolute Gasteiger partial charge is 0.305 e. The molecule has 0 spiro atoms. The summed E-state index contributed by atoms with van der Waals surface area (Å²) >= 11 is 0. The van der Waals surface area contributed by atoms with E-state index in [0.717, 1.165) is 25.9 Å². The Bertz CT molecular complexity index is 594. The van der Waals surface area contributed by atoms with E-state index in [-0.39, 0.29) is 5.97 Å². The number of carbonyl (C=O) groups excluding carboxylic acids is 1. The number of hydrogen-bond donors (Lipinski definition) is 0. The second-order valence-electron chi connectivity index (χ2n) is 12.6. The Morgan fingerprint density at radius 3 is 0.875 bits per heavy atom. The first-order chi connectivity index (χ1) is 23.8. The number of unbranched alkanes of at least 4 members (excludes halogenated alkanes) is 18. The largest absolute Gasteiger partial charge is 0.463 e. The van der Waals surface area contributed by atoms with Crippen LogP contribution in [0.1, 0.15) is 149 Å². The highest BCUT2D eigenvalue weighted by atomic mass is 16.6. The quantitative estimate of drug-likeness (QED) is 0.0460. The summed E-state index contributed by atoms with van der Waals surface area (Å²) in [6.45, 7) is 12.5. The van der Waals surface area contributed by atoms with E-state index < -0.39 is 0 Å². The SMILES string of the molecule is CCCCCCCCCCCCCCCOCCOCCOCCOCCOCCOCCOCCOC(=O)CCCCCCCCC. The van der Waals surface area contributed by atoms with Crippen LogP contribution in [0.5, 0.6) is 0 Å². The predicted molar refractivity (Wildman–Crippen MR) is 195 cm³/mol. The zero-order chi connectivity index (χ0) is 34.7. The van der Waals surface area contributed by atoms with Gasteiger partial charge in [-0.1, -0.05) is 129 Å². The van der Waals surface area contributed by atoms with Gasteiger partial charge >= 0.3 is 5.97 Å². The van der Waals surface area contributed by atoms with Gasteiger partial charge in [0.05, 0.1) is 85.9 Å². The molecule has 0 heterocycles. The molecule has 0 amide bonds. The van der Waals surface area contributed by atoms with Crippen molar-refractivity contribution in [3.63, 3.8) is 0 Å². The summed E-state index contributed by atoms with van der Waals surface area (Å²) in [5, 5.41) is 0. The van der Waals surface area contributed by atoms with Crippen molar-refractivity contribution >= 4 is 5.97 Å². The Morgan fingerprint density at radius 1 is 0.292 bits per heavy atom. The summed E-state index contributed by atoms with van der Waals surface area (Å²) in [6, 6.07) is 0. The van der Waals surface area contributed by atoms with E-state index in [9.17, 15) is 4.79 Å². The molecule has 0 aromatic carbocycles. The van der Waals surface area contributed by atoms with Crippen LogP contribution in [0.15, 0.2) is 0 Å². The van der Waals surface area contributed by atoms with E-state index >= 15 is 0 Å². The van der Waals surface area contributed by atoms with E-state index in [1.807, 2.05) is 0 Å². The Balaban J connectivity index is 3.09. The lowest BCUT2D eigenvalue weighted by Gasteiger charge is -2.09. The van der Waals surface area contributed by atoms with Crippen molar-refractivity contribution < 1.29 is 42.7 Å². The van der Waals surface area contributed by atoms with Crippen LogP contribution in [-0.2, 0) is 42.7 Å². The zero-order valence-electron chi connectivity index (χ0n) is 31.6. The number of ether oxygens (including phenoxy) is 8. The fraction of sp³-hybridized carbons (Fsp3) is 0.974. The van der Waals surface area contributed by atoms with Gasteiger partial charge in [-0.2, -0.15) is 0 Å². The van der Waals surface area contributed by atoms with Gasteiger partial charge in [-0.3, -0.25) is 4.79 Å². The molecule has 0 saturated heterocycles. The first-order valence-electron chi connectivity index (χ1n) is 20.0. The molecule has 0 atom stereocenters. The van der Waals surface area contributed by atoms with Gasteiger partial charge in [0, 0.05) is 13.0 Å². The normalized spacial score (nSPS) is 11.5. The molecular formula is C39H78O9. The Hall–Kier alpha value is -0.810. The van der Waals surface area contributed by atoms with Crippen LogP contribution in [0.25, 0.3) is 0 Å². The van der Waals surface area contributed by atoms with Crippen LogP contribution in [-0.4, -0.2) is 105 Å². The average Bonchev–Trinajstić information content (AvgIpc) is 3.09. The molecule has 48 heavy (non-hydrogen) atoms. The van der Waals surface area contributed by atoms with Crippen LogP contribution < -0.4 is 0 Å². The molecule has 0 rings (SSSR count). The van der Waals surface area contributed by atoms with E-state index in [4.69, 9.17) is 37.9 Å². The van der Waals surface area contributed by atoms with Crippen LogP contribution in [0.4, 0.5) is 0 Å². The van der Waals surface area contributed by atoms with Crippen LogP contribution in [0.3, 0.4) is 0 Å². The standard InChI is InChI=1S/C39H78O9/c1-3-5-7-9-11-12-13-14-15-16-18-20-22-24-41-25-26-42-27-28-43-29-30-44-31-32-45-33-34-46-35-36-47-37-38-48-39(40)23-21-19-17-10-8-6-4-2/h3-38H2,1-2H3. The summed E-state index contributed by atoms with van der Waals surface area (Å²) < 4.78 is 43.9. The lowest BCUT2D eigenvalue weighted by molar-refractivity contribution is -0.145. The van der Waals surface area contributed by atoms with Crippen LogP contribution in [0.2, 0.25) is 0 Å². The summed E-state index contributed by atoms with van der Waals surface area (Å²) in [4.78, 5) is 11.7. The molecule has 0 N–H and O–H groups in total. The lowest BCUT2D eigenvalue weighted by atomic mass is 10.0. The van der Waals surface area contributed by atoms with Crippen molar-refractivity contribution in [3.8, 4) is 0 Å². The van der Waals surface area contributed by atoms with Crippen LogP contribution in [0, 0.1) is 0 Å². The fourth-order valence-electron chi connectivity index (χ4n) is 5.16. The van der Waals surface area contributed by atoms with Crippen LogP contribution >= 0.6 is 0 Å². The van der Waals surface area contributed by atoms with Gasteiger partial charge in [0.25, 0.3) is 0 Å². The minimum absolute atomic E-state index is 0.131. The Kier molecular flexibility index (Phi) is 43.5. The van der Waals surface area contributed by atoms with Crippen molar-refractivity contribution in [2.75, 3.05) is 99.1 Å². The first kappa shape index (κ1) is 47.2. The lowest BCUT2D eigenvalue weighted by Crippen LogP contribution is -2.15. The van der Waals surface area contributed by atoms with Crippen molar-refractivity contribution in [2.45, 2.75) is 149 Å². The molecule has 0 aliphatic rings. The van der Waals surface area contributed by atoms with Gasteiger partial charge in [0.2, 0.25) is 0 Å². The molecule has 0 aliphatic carbocycles. The maximum atomic E-state index is 11.7. The molecule has 0 radical (unpaired) electrons. The molecule has 9 heteroatoms. The van der Waals surface area contributed by atoms with Gasteiger partial charge in [-0.05, 0) is 12.8 Å². The van der Waals surface area contributed by atoms with Gasteiger partial charge in [0.15, 0.2) is 0 Å². The number of rotatable bonds is 43. The molecule has 0 saturated carbocycles. The zero-order valence-corrected chi connectivity index (χ0v) is 31.6. The maximum Gasteiger partial charge on any atom is 0.305 e. The molecule has 9 nitrogen and oxygen atoms in total. The molecule has 288 valence electrons. The Morgan fingerprint density at radius 2 is 0.542 bits per heavy atom. The van der Waals surface area contributed by atoms with Crippen molar-refractivity contribution in [1.29, 1.82) is 0 Å². The summed E-state index contributed by atoms with van der Waals surface area (Å²) in [5.41, 5.74) is 0. The maximum absolute atomic E-state index is 11.7. The third kappa shape index (κ3) is 43.2. The molecule has 0 unspecified atom stereocenters. The van der Waals surface area contributed by atoms with Crippen molar-refractivity contribution in [1.82, 2.24) is 0 Å². The monoisotopic (exact) mass is 691 g/mol. The molecule has 0 fully saturated rings. The highest BCUT2D eigenvalue weighted by Gasteiger charge is 2.03. The molecule has 0 aliphatic heterocycles. The summed E-state index contributed by atoms with van der Waals surface area (Å²) in [6.07, 6.45) is 26.7. The van der Waals surface area contributed by atoms with Gasteiger partial charge in [-0.25, -0.2) is 0 Å². The number of esters is 1. The number of carbonyl (C=O) groups is 1. The minimum Gasteiger partial charge on any atom is -0.463 e. The van der Waals surface area contributed by atoms with E-state index in [2.05, 4.69) is 13.8 Å². The second kappa shape index (κ2) is 44.2. The summed E-state index contributed by atoms with van der Waals surface area (Å²) in [5.74, 6) is -0.131. The topological polar surface area (TPSA) is 90.9 Å². The van der Waals surface area contributed by atoms with Crippen molar-refractivity contribution in [3.05, 3.63) is 0 Å². The third-order valence-electron chi connectivity index (χ3n) is 8.10. The predicted octanol–water partition coefficient (Wildman–Crippen LogP) is 8.88. The average molecular weight is 691 g/mol. The number of hydrogen-bond acceptors (Lipinski definition) is 9. The Labute approximate surface area is 296 Å². The fourth-order valence-corrected chi connectivity index (χ4v) is 5.16. The summed E-state index contributed by atoms with van der Waals surface area (Å²) in [7, 11) is 0. The molecule has 0 bridgehead atoms. The van der Waals surface area contributed by atoms with Gasteiger partial charge in [-0.15, -0.1) is 0 Å². The van der Waals surface area contributed by atoms with Gasteiger partial charge in [0.1, 0.15) is 6.61 Å². The van der Waals surface area contributed by atoms with Gasteiger partial charge < -0.3 is 37.9 Å². The highest BCUT2D eigenvalue weighted by Crippen LogP contribution is 2.12. The highest BCUT2D eigenvalue weighted by molar-refractivity contribution is 5.69. The molecule has 0 aromatic rings. The van der Waals surface area contributed by atoms with Crippen molar-refractivity contribution in [2.24, 2.45) is 0 Å². The van der Waals surface area contributed by atoms with E-state index in [1.54, 1.807) is 0 Å². The molecular weight excluding hydrogens is 612 g/mol. The third-order valence-corrected chi connectivity index (χ3v) is 8.10. The first-order valence-corrected chi connectivity index (χ1v) is 20.0. The molecule has 0 aromatic heterocycles. The second-order valence-corrected chi connectivity index (χ2v) is 12.6. The van der Waals surface area contributed by atoms with E-state index in [0.29, 0.717) is 98.9 Å². The van der Waals surface area contributed by atoms with E-state index in [1.165, 1.54) is 109 Å². The minimum atomic E-state index is -0.131.